The summed E-state index contributed by atoms with van der Waals surface area (Å²) in [6.07, 6.45) is 0.410. The maximum Gasteiger partial charge on any atom is 0.358 e. The van der Waals surface area contributed by atoms with Gasteiger partial charge in [-0.3, -0.25) is 9.59 Å². The zero-order valence-corrected chi connectivity index (χ0v) is 11.8. The minimum Gasteiger partial charge on any atom is -0.403 e. The first-order valence-corrected chi connectivity index (χ1v) is 7.69. The summed E-state index contributed by atoms with van der Waals surface area (Å²) in [4.78, 5) is 24.4. The van der Waals surface area contributed by atoms with Gasteiger partial charge in [-0.1, -0.05) is 44.3 Å². The highest BCUT2D eigenvalue weighted by Crippen LogP contribution is 2.52. The van der Waals surface area contributed by atoms with E-state index in [1.165, 1.54) is 23.5 Å². The van der Waals surface area contributed by atoms with Gasteiger partial charge in [-0.2, -0.15) is 0 Å². The Hall–Kier alpha value is -0.360. The molecule has 2 saturated heterocycles. The number of hydrogen-bond donors (Lipinski definition) is 0. The fourth-order valence-corrected chi connectivity index (χ4v) is 4.71. The molecule has 0 aromatic carbocycles. The second kappa shape index (κ2) is 4.39. The normalized spacial score (nSPS) is 26.1. The molecule has 2 rings (SSSR count). The molecule has 0 saturated carbocycles. The van der Waals surface area contributed by atoms with Crippen molar-refractivity contribution in [3.8, 4) is 0 Å². The quantitative estimate of drug-likeness (QED) is 0.569. The number of esters is 2. The molecule has 4 nitrogen and oxygen atoms in total. The van der Waals surface area contributed by atoms with E-state index in [9.17, 15) is 9.59 Å². The molecular weight excluding hydrogens is 260 g/mol. The highest BCUT2D eigenvalue weighted by molar-refractivity contribution is 8.20. The SMILES string of the molecule is CCC1(C(C)C)C(=O)OC2(OC1=O)SCCS2. The monoisotopic (exact) mass is 276 g/mol. The lowest BCUT2D eigenvalue weighted by atomic mass is 9.74. The van der Waals surface area contributed by atoms with Crippen molar-refractivity contribution < 1.29 is 19.1 Å². The predicted molar refractivity (Wildman–Crippen MR) is 67.4 cm³/mol. The van der Waals surface area contributed by atoms with Gasteiger partial charge < -0.3 is 9.47 Å². The fraction of sp³-hybridized carbons (Fsp3) is 0.818. The maximum atomic E-state index is 12.2. The van der Waals surface area contributed by atoms with Crippen LogP contribution in [-0.4, -0.2) is 27.9 Å². The van der Waals surface area contributed by atoms with Gasteiger partial charge in [0.2, 0.25) is 0 Å². The van der Waals surface area contributed by atoms with Gasteiger partial charge >= 0.3 is 16.4 Å². The third-order valence-electron chi connectivity index (χ3n) is 3.35. The van der Waals surface area contributed by atoms with Crippen LogP contribution in [0, 0.1) is 11.3 Å². The molecule has 6 heteroatoms. The molecule has 1 spiro atoms. The first-order chi connectivity index (χ1) is 7.97. The summed E-state index contributed by atoms with van der Waals surface area (Å²) < 4.78 is 9.73. The first-order valence-electron chi connectivity index (χ1n) is 5.71. The highest BCUT2D eigenvalue weighted by Gasteiger charge is 2.61. The number of carbonyl (C=O) groups is 2. The van der Waals surface area contributed by atoms with E-state index < -0.39 is 21.8 Å². The summed E-state index contributed by atoms with van der Waals surface area (Å²) in [5, 5.41) is 0. The van der Waals surface area contributed by atoms with Gasteiger partial charge in [-0.15, -0.1) is 0 Å². The van der Waals surface area contributed by atoms with Crippen molar-refractivity contribution in [3.05, 3.63) is 0 Å². The number of carbonyl (C=O) groups excluding carboxylic acids is 2. The van der Waals surface area contributed by atoms with E-state index in [-0.39, 0.29) is 5.92 Å². The van der Waals surface area contributed by atoms with E-state index >= 15 is 0 Å². The van der Waals surface area contributed by atoms with Crippen molar-refractivity contribution >= 4 is 35.5 Å². The number of hydrogen-bond acceptors (Lipinski definition) is 6. The zero-order chi connectivity index (χ0) is 12.7. The van der Waals surface area contributed by atoms with E-state index in [1.54, 1.807) is 0 Å². The van der Waals surface area contributed by atoms with E-state index in [4.69, 9.17) is 9.47 Å². The molecule has 0 aromatic rings. The van der Waals surface area contributed by atoms with Crippen LogP contribution in [0.2, 0.25) is 0 Å². The molecule has 0 N–H and O–H groups in total. The van der Waals surface area contributed by atoms with Crippen LogP contribution in [-0.2, 0) is 19.1 Å². The van der Waals surface area contributed by atoms with E-state index in [0.29, 0.717) is 6.42 Å². The molecule has 0 bridgehead atoms. The predicted octanol–water partition coefficient (Wildman–Crippen LogP) is 2.23. The molecule has 0 aromatic heterocycles. The standard InChI is InChI=1S/C11H16O4S2/c1-4-10(7(2)3)8(12)14-11(15-9(10)13)16-5-6-17-11/h7H,4-6H2,1-3H3. The number of thioether (sulfide) groups is 2. The second-order valence-electron chi connectivity index (χ2n) is 4.46. The Morgan fingerprint density at radius 1 is 1.18 bits per heavy atom. The summed E-state index contributed by atoms with van der Waals surface area (Å²) in [7, 11) is 0. The Kier molecular flexibility index (Phi) is 3.38. The fourth-order valence-electron chi connectivity index (χ4n) is 2.17. The number of ether oxygens (including phenoxy) is 2. The molecule has 0 atom stereocenters. The molecular formula is C11H16O4S2. The largest absolute Gasteiger partial charge is 0.403 e. The van der Waals surface area contributed by atoms with Crippen molar-refractivity contribution in [2.45, 2.75) is 31.6 Å². The minimum absolute atomic E-state index is 0.124. The summed E-state index contributed by atoms with van der Waals surface area (Å²) >= 11 is 2.75. The van der Waals surface area contributed by atoms with E-state index in [1.807, 2.05) is 20.8 Å². The Labute approximate surface area is 109 Å². The molecule has 0 aliphatic carbocycles. The van der Waals surface area contributed by atoms with Gasteiger partial charge in [-0.25, -0.2) is 0 Å². The second-order valence-corrected chi connectivity index (χ2v) is 7.18. The lowest BCUT2D eigenvalue weighted by molar-refractivity contribution is -0.218. The number of rotatable bonds is 2. The van der Waals surface area contributed by atoms with Crippen molar-refractivity contribution in [2.24, 2.45) is 11.3 Å². The maximum absolute atomic E-state index is 12.2. The average Bonchev–Trinajstić information content (AvgIpc) is 2.65. The molecule has 96 valence electrons. The molecule has 0 amide bonds. The Morgan fingerprint density at radius 3 is 2.00 bits per heavy atom. The van der Waals surface area contributed by atoms with Crippen LogP contribution >= 0.6 is 23.5 Å². The molecule has 2 aliphatic heterocycles. The lowest BCUT2D eigenvalue weighted by Crippen LogP contribution is -2.55. The topological polar surface area (TPSA) is 52.6 Å². The van der Waals surface area contributed by atoms with Crippen molar-refractivity contribution in [2.75, 3.05) is 11.5 Å². The van der Waals surface area contributed by atoms with Crippen LogP contribution in [0.25, 0.3) is 0 Å². The zero-order valence-electron chi connectivity index (χ0n) is 10.1. The molecule has 0 radical (unpaired) electrons. The van der Waals surface area contributed by atoms with Crippen LogP contribution in [0.1, 0.15) is 27.2 Å². The van der Waals surface area contributed by atoms with Gasteiger partial charge in [0.1, 0.15) is 0 Å². The van der Waals surface area contributed by atoms with Crippen molar-refractivity contribution in [3.63, 3.8) is 0 Å². The molecule has 2 aliphatic rings. The first kappa shape index (κ1) is 13.1. The Bertz CT molecular complexity index is 327. The van der Waals surface area contributed by atoms with Crippen LogP contribution in [0.15, 0.2) is 0 Å². The molecule has 0 unspecified atom stereocenters. The van der Waals surface area contributed by atoms with Crippen molar-refractivity contribution in [1.29, 1.82) is 0 Å². The van der Waals surface area contributed by atoms with Gasteiger partial charge in [0.15, 0.2) is 5.41 Å². The molecule has 2 fully saturated rings. The third kappa shape index (κ3) is 1.85. The highest BCUT2D eigenvalue weighted by atomic mass is 32.2. The van der Waals surface area contributed by atoms with Gasteiger partial charge in [0, 0.05) is 11.5 Å². The smallest absolute Gasteiger partial charge is 0.358 e. The molecule has 2 heterocycles. The van der Waals surface area contributed by atoms with E-state index in [0.717, 1.165) is 11.5 Å². The lowest BCUT2D eigenvalue weighted by Gasteiger charge is -2.41. The minimum atomic E-state index is -1.13. The summed E-state index contributed by atoms with van der Waals surface area (Å²) in [5.41, 5.74) is -1.13. The van der Waals surface area contributed by atoms with Crippen LogP contribution in [0.5, 0.6) is 0 Å². The summed E-state index contributed by atoms with van der Waals surface area (Å²) in [6, 6.07) is 0. The van der Waals surface area contributed by atoms with Gasteiger partial charge in [0.05, 0.1) is 0 Å². The average molecular weight is 276 g/mol. The molecule has 17 heavy (non-hydrogen) atoms. The third-order valence-corrected chi connectivity index (χ3v) is 6.17. The Morgan fingerprint density at radius 2 is 1.65 bits per heavy atom. The van der Waals surface area contributed by atoms with Crippen LogP contribution < -0.4 is 0 Å². The summed E-state index contributed by atoms with van der Waals surface area (Å²) in [6.45, 7) is 5.51. The Balaban J connectivity index is 2.30. The van der Waals surface area contributed by atoms with Crippen molar-refractivity contribution in [1.82, 2.24) is 0 Å². The summed E-state index contributed by atoms with van der Waals surface area (Å²) in [5.74, 6) is 0.653. The van der Waals surface area contributed by atoms with Gasteiger partial charge in [0.25, 0.3) is 0 Å². The van der Waals surface area contributed by atoms with Crippen LogP contribution in [0.4, 0.5) is 0 Å². The van der Waals surface area contributed by atoms with Gasteiger partial charge in [-0.05, 0) is 12.3 Å². The van der Waals surface area contributed by atoms with E-state index in [2.05, 4.69) is 0 Å². The van der Waals surface area contributed by atoms with Crippen LogP contribution in [0.3, 0.4) is 0 Å².